The van der Waals surface area contributed by atoms with Crippen molar-refractivity contribution >= 4 is 22.9 Å². The van der Waals surface area contributed by atoms with Gasteiger partial charge in [-0.05, 0) is 37.5 Å². The molecular formula is C20H22N4O4S. The zero-order valence-electron chi connectivity index (χ0n) is 15.9. The van der Waals surface area contributed by atoms with Crippen LogP contribution < -0.4 is 4.74 Å². The number of ether oxygens (including phenoxy) is 2. The number of hydrogen-bond acceptors (Lipinski definition) is 8. The van der Waals surface area contributed by atoms with Crippen molar-refractivity contribution in [3.8, 4) is 5.75 Å². The average Bonchev–Trinajstić information content (AvgIpc) is 3.38. The molecule has 9 heteroatoms. The van der Waals surface area contributed by atoms with Gasteiger partial charge in [-0.3, -0.25) is 4.57 Å². The van der Waals surface area contributed by atoms with Crippen LogP contribution in [0.25, 0.3) is 11.2 Å². The molecule has 0 radical (unpaired) electrons. The van der Waals surface area contributed by atoms with Crippen molar-refractivity contribution in [2.24, 2.45) is 0 Å². The number of aliphatic hydroxyl groups is 2. The number of imidazole rings is 1. The second-order valence-electron chi connectivity index (χ2n) is 7.47. The normalized spacial score (nSPS) is 26.9. The third-order valence-corrected chi connectivity index (χ3v) is 6.23. The number of rotatable bonds is 6. The molecule has 152 valence electrons. The predicted molar refractivity (Wildman–Crippen MR) is 107 cm³/mol. The van der Waals surface area contributed by atoms with Gasteiger partial charge < -0.3 is 19.7 Å². The van der Waals surface area contributed by atoms with E-state index in [1.54, 1.807) is 29.6 Å². The molecular weight excluding hydrogens is 392 g/mol. The summed E-state index contributed by atoms with van der Waals surface area (Å²) in [6.07, 6.45) is 2.52. The van der Waals surface area contributed by atoms with Crippen molar-refractivity contribution in [3.05, 3.63) is 42.5 Å². The molecule has 1 saturated carbocycles. The molecule has 1 aliphatic carbocycles. The van der Waals surface area contributed by atoms with Crippen LogP contribution in [0.2, 0.25) is 0 Å². The highest BCUT2D eigenvalue weighted by atomic mass is 32.2. The molecule has 2 fully saturated rings. The van der Waals surface area contributed by atoms with Crippen LogP contribution in [0.5, 0.6) is 5.75 Å². The molecule has 2 N–H and O–H groups in total. The molecule has 0 spiro atoms. The van der Waals surface area contributed by atoms with Crippen LogP contribution in [0.3, 0.4) is 0 Å². The Labute approximate surface area is 171 Å². The summed E-state index contributed by atoms with van der Waals surface area (Å²) in [4.78, 5) is 13.2. The molecule has 2 aliphatic rings. The minimum Gasteiger partial charge on any atom is -0.490 e. The van der Waals surface area contributed by atoms with Gasteiger partial charge in [0.2, 0.25) is 0 Å². The molecule has 5 rings (SSSR count). The summed E-state index contributed by atoms with van der Waals surface area (Å²) >= 11 is 1.57. The molecule has 0 amide bonds. The van der Waals surface area contributed by atoms with Gasteiger partial charge in [0.1, 0.15) is 34.8 Å². The second kappa shape index (κ2) is 7.56. The van der Waals surface area contributed by atoms with Gasteiger partial charge in [0, 0.05) is 5.75 Å². The van der Waals surface area contributed by atoms with Crippen LogP contribution >= 0.6 is 11.8 Å². The Morgan fingerprint density at radius 3 is 2.83 bits per heavy atom. The lowest BCUT2D eigenvalue weighted by molar-refractivity contribution is -0.0299. The lowest BCUT2D eigenvalue weighted by Crippen LogP contribution is -2.30. The number of benzene rings is 1. The summed E-state index contributed by atoms with van der Waals surface area (Å²) in [7, 11) is 0. The summed E-state index contributed by atoms with van der Waals surface area (Å²) in [5, 5.41) is 21.0. The van der Waals surface area contributed by atoms with E-state index in [4.69, 9.17) is 9.47 Å². The van der Waals surface area contributed by atoms with E-state index in [9.17, 15) is 10.2 Å². The Balaban J connectivity index is 1.35. The predicted octanol–water partition coefficient (Wildman–Crippen LogP) is 2.30. The SMILES string of the molecule is C[C@H]1O[C@@H](n2cnc3c(SCc4cccc(OC5CC5)c4)ncnc32)[C@H](O)[C@@H]1O. The highest BCUT2D eigenvalue weighted by Crippen LogP contribution is 2.34. The first kappa shape index (κ1) is 18.8. The second-order valence-corrected chi connectivity index (χ2v) is 8.43. The third kappa shape index (κ3) is 3.71. The van der Waals surface area contributed by atoms with Gasteiger partial charge in [-0.25, -0.2) is 15.0 Å². The molecule has 1 saturated heterocycles. The Bertz CT molecular complexity index is 1020. The van der Waals surface area contributed by atoms with E-state index < -0.39 is 24.5 Å². The number of aromatic nitrogens is 4. The fourth-order valence-electron chi connectivity index (χ4n) is 3.42. The van der Waals surface area contributed by atoms with Gasteiger partial charge >= 0.3 is 0 Å². The zero-order valence-corrected chi connectivity index (χ0v) is 16.7. The van der Waals surface area contributed by atoms with Crippen LogP contribution in [0, 0.1) is 0 Å². The maximum Gasteiger partial charge on any atom is 0.166 e. The minimum absolute atomic E-state index is 0.373. The van der Waals surface area contributed by atoms with Crippen LogP contribution in [0.1, 0.15) is 31.6 Å². The number of aliphatic hydroxyl groups excluding tert-OH is 2. The number of fused-ring (bicyclic) bond motifs is 1. The third-order valence-electron chi connectivity index (χ3n) is 5.18. The fraction of sp³-hybridized carbons (Fsp3) is 0.450. The number of hydrogen-bond donors (Lipinski definition) is 2. The quantitative estimate of drug-likeness (QED) is 0.468. The summed E-state index contributed by atoms with van der Waals surface area (Å²) in [6, 6.07) is 8.12. The summed E-state index contributed by atoms with van der Waals surface area (Å²) in [6.45, 7) is 1.73. The number of thioether (sulfide) groups is 1. The Morgan fingerprint density at radius 2 is 2.07 bits per heavy atom. The molecule has 3 heterocycles. The molecule has 1 aliphatic heterocycles. The van der Waals surface area contributed by atoms with Gasteiger partial charge in [-0.1, -0.05) is 23.9 Å². The lowest BCUT2D eigenvalue weighted by atomic mass is 10.1. The topological polar surface area (TPSA) is 103 Å². The van der Waals surface area contributed by atoms with Gasteiger partial charge in [0.15, 0.2) is 11.9 Å². The molecule has 0 bridgehead atoms. The monoisotopic (exact) mass is 414 g/mol. The van der Waals surface area contributed by atoms with Crippen LogP contribution in [0.4, 0.5) is 0 Å². The highest BCUT2D eigenvalue weighted by molar-refractivity contribution is 7.98. The molecule has 29 heavy (non-hydrogen) atoms. The number of nitrogens with zero attached hydrogens (tertiary/aromatic N) is 4. The smallest absolute Gasteiger partial charge is 0.166 e. The standard InChI is InChI=1S/C20H22N4O4S/c1-11-16(25)17(26)20(27-11)24-10-23-15-18(24)21-9-22-19(15)29-8-12-3-2-4-14(7-12)28-13-5-6-13/h2-4,7,9-11,13,16-17,20,25-26H,5-6,8H2,1H3/t11-,16-,17-,20-/m1/s1. The zero-order chi connectivity index (χ0) is 20.0. The summed E-state index contributed by atoms with van der Waals surface area (Å²) < 4.78 is 13.2. The van der Waals surface area contributed by atoms with Crippen molar-refractivity contribution in [1.29, 1.82) is 0 Å². The van der Waals surface area contributed by atoms with Gasteiger partial charge in [-0.15, -0.1) is 0 Å². The first-order valence-electron chi connectivity index (χ1n) is 9.67. The molecule has 4 atom stereocenters. The van der Waals surface area contributed by atoms with Crippen molar-refractivity contribution in [1.82, 2.24) is 19.5 Å². The summed E-state index contributed by atoms with van der Waals surface area (Å²) in [5.74, 6) is 1.63. The van der Waals surface area contributed by atoms with Crippen LogP contribution in [-0.4, -0.2) is 54.1 Å². The van der Waals surface area contributed by atoms with E-state index in [1.165, 1.54) is 6.33 Å². The van der Waals surface area contributed by atoms with E-state index in [0.717, 1.165) is 34.9 Å². The first-order chi connectivity index (χ1) is 14.1. The van der Waals surface area contributed by atoms with E-state index in [1.807, 2.05) is 12.1 Å². The van der Waals surface area contributed by atoms with Crippen molar-refractivity contribution in [2.45, 2.75) is 61.2 Å². The average molecular weight is 414 g/mol. The highest BCUT2D eigenvalue weighted by Gasteiger charge is 2.42. The molecule has 8 nitrogen and oxygen atoms in total. The summed E-state index contributed by atoms with van der Waals surface area (Å²) in [5.41, 5.74) is 2.36. The largest absolute Gasteiger partial charge is 0.490 e. The van der Waals surface area contributed by atoms with Gasteiger partial charge in [0.25, 0.3) is 0 Å². The molecule has 1 aromatic carbocycles. The van der Waals surface area contributed by atoms with Crippen molar-refractivity contribution < 1.29 is 19.7 Å². The van der Waals surface area contributed by atoms with E-state index >= 15 is 0 Å². The Hall–Kier alpha value is -2.20. The Kier molecular flexibility index (Phi) is 4.91. The lowest BCUT2D eigenvalue weighted by Gasteiger charge is -2.16. The van der Waals surface area contributed by atoms with Gasteiger partial charge in [0.05, 0.1) is 18.5 Å². The fourth-order valence-corrected chi connectivity index (χ4v) is 4.30. The van der Waals surface area contributed by atoms with E-state index in [2.05, 4.69) is 27.1 Å². The van der Waals surface area contributed by atoms with Crippen LogP contribution in [0.15, 0.2) is 41.9 Å². The first-order valence-corrected chi connectivity index (χ1v) is 10.7. The molecule has 3 aromatic rings. The van der Waals surface area contributed by atoms with Crippen LogP contribution in [-0.2, 0) is 10.5 Å². The minimum atomic E-state index is -1.04. The Morgan fingerprint density at radius 1 is 1.21 bits per heavy atom. The van der Waals surface area contributed by atoms with Gasteiger partial charge in [-0.2, -0.15) is 0 Å². The van der Waals surface area contributed by atoms with Crippen molar-refractivity contribution in [3.63, 3.8) is 0 Å². The van der Waals surface area contributed by atoms with Crippen molar-refractivity contribution in [2.75, 3.05) is 0 Å². The van der Waals surface area contributed by atoms with E-state index in [0.29, 0.717) is 17.3 Å². The van der Waals surface area contributed by atoms with E-state index in [-0.39, 0.29) is 0 Å². The maximum atomic E-state index is 10.3. The molecule has 2 aromatic heterocycles. The maximum absolute atomic E-state index is 10.3. The molecule has 0 unspecified atom stereocenters.